The Bertz CT molecular complexity index is 918. The summed E-state index contributed by atoms with van der Waals surface area (Å²) < 4.78 is 52.7. The van der Waals surface area contributed by atoms with Gasteiger partial charge in [-0.15, -0.1) is 24.0 Å². The molecule has 0 radical (unpaired) electrons. The molecule has 0 atom stereocenters. The van der Waals surface area contributed by atoms with Crippen molar-refractivity contribution in [2.24, 2.45) is 10.7 Å². The van der Waals surface area contributed by atoms with E-state index in [4.69, 9.17) is 5.73 Å². The highest BCUT2D eigenvalue weighted by atomic mass is 127. The maximum atomic E-state index is 13.6. The molecule has 3 rings (SSSR count). The van der Waals surface area contributed by atoms with Crippen molar-refractivity contribution < 1.29 is 22.4 Å². The summed E-state index contributed by atoms with van der Waals surface area (Å²) in [5, 5.41) is 2.13. The second kappa shape index (κ2) is 10.5. The van der Waals surface area contributed by atoms with Gasteiger partial charge in [0.15, 0.2) is 23.4 Å². The molecule has 0 bridgehead atoms. The first-order chi connectivity index (χ1) is 13.8. The van der Waals surface area contributed by atoms with Gasteiger partial charge in [-0.25, -0.2) is 22.6 Å². The van der Waals surface area contributed by atoms with Crippen molar-refractivity contribution >= 4 is 47.2 Å². The largest absolute Gasteiger partial charge is 0.370 e. The third-order valence-electron chi connectivity index (χ3n) is 4.49. The molecule has 1 saturated heterocycles. The zero-order chi connectivity index (χ0) is 21.0. The van der Waals surface area contributed by atoms with Crippen LogP contribution in [0.15, 0.2) is 41.4 Å². The van der Waals surface area contributed by atoms with Crippen molar-refractivity contribution in [2.45, 2.75) is 0 Å². The predicted molar refractivity (Wildman–Crippen MR) is 117 cm³/mol. The smallest absolute Gasteiger partial charge is 0.246 e. The highest BCUT2D eigenvalue weighted by Gasteiger charge is 2.19. The number of guanidine groups is 1. The van der Waals surface area contributed by atoms with E-state index in [1.54, 1.807) is 17.0 Å². The molecule has 2 aromatic rings. The molecule has 1 amide bonds. The van der Waals surface area contributed by atoms with Gasteiger partial charge in [-0.05, 0) is 36.4 Å². The number of carbonyl (C=O) groups is 1. The Labute approximate surface area is 187 Å². The summed E-state index contributed by atoms with van der Waals surface area (Å²) in [5.41, 5.74) is 6.33. The van der Waals surface area contributed by atoms with Crippen LogP contribution in [0.5, 0.6) is 0 Å². The van der Waals surface area contributed by atoms with Crippen molar-refractivity contribution in [1.29, 1.82) is 0 Å². The lowest BCUT2D eigenvalue weighted by Crippen LogP contribution is -2.51. The molecule has 162 valence electrons. The Morgan fingerprint density at radius 1 is 0.967 bits per heavy atom. The zero-order valence-corrected chi connectivity index (χ0v) is 18.1. The number of carbonyl (C=O) groups excluding carboxylic acids is 1. The number of hydrogen-bond donors (Lipinski definition) is 2. The van der Waals surface area contributed by atoms with Crippen molar-refractivity contribution in [3.8, 4) is 0 Å². The lowest BCUT2D eigenvalue weighted by atomic mass is 10.2. The van der Waals surface area contributed by atoms with Crippen LogP contribution in [0.2, 0.25) is 0 Å². The highest BCUT2D eigenvalue weighted by molar-refractivity contribution is 14.0. The van der Waals surface area contributed by atoms with E-state index in [1.807, 2.05) is 0 Å². The number of amides is 1. The van der Waals surface area contributed by atoms with Crippen LogP contribution in [0.25, 0.3) is 0 Å². The Morgan fingerprint density at radius 3 is 2.23 bits per heavy atom. The Morgan fingerprint density at radius 2 is 1.60 bits per heavy atom. The maximum Gasteiger partial charge on any atom is 0.246 e. The molecule has 3 N–H and O–H groups in total. The maximum absolute atomic E-state index is 13.6. The van der Waals surface area contributed by atoms with Crippen LogP contribution in [-0.4, -0.2) is 49.5 Å². The monoisotopic (exact) mass is 537 g/mol. The lowest BCUT2D eigenvalue weighted by molar-refractivity contribution is -0.114. The van der Waals surface area contributed by atoms with Gasteiger partial charge in [-0.3, -0.25) is 4.79 Å². The Kier molecular flexibility index (Phi) is 8.26. The summed E-state index contributed by atoms with van der Waals surface area (Å²) in [7, 11) is 0. The number of piperazine rings is 1. The van der Waals surface area contributed by atoms with Crippen molar-refractivity contribution in [3.05, 3.63) is 59.7 Å². The molecule has 0 aliphatic carbocycles. The number of benzene rings is 2. The average Bonchev–Trinajstić information content (AvgIpc) is 2.73. The van der Waals surface area contributed by atoms with Gasteiger partial charge in [0.1, 0.15) is 12.4 Å². The van der Waals surface area contributed by atoms with Crippen molar-refractivity contribution in [3.63, 3.8) is 0 Å². The van der Waals surface area contributed by atoms with Crippen LogP contribution in [0.3, 0.4) is 0 Å². The molecule has 1 aliphatic rings. The van der Waals surface area contributed by atoms with E-state index in [-0.39, 0.29) is 35.8 Å². The van der Waals surface area contributed by atoms with Gasteiger partial charge >= 0.3 is 0 Å². The average molecular weight is 537 g/mol. The van der Waals surface area contributed by atoms with Gasteiger partial charge in [0.05, 0.1) is 5.69 Å². The summed E-state index contributed by atoms with van der Waals surface area (Å²) in [6, 6.07) is 7.83. The van der Waals surface area contributed by atoms with Crippen LogP contribution in [0.4, 0.5) is 28.9 Å². The first-order valence-corrected chi connectivity index (χ1v) is 8.84. The second-order valence-electron chi connectivity index (χ2n) is 6.40. The molecule has 1 fully saturated rings. The molecule has 0 aromatic heterocycles. The van der Waals surface area contributed by atoms with E-state index in [2.05, 4.69) is 15.2 Å². The van der Waals surface area contributed by atoms with Gasteiger partial charge in [0.2, 0.25) is 5.91 Å². The lowest BCUT2D eigenvalue weighted by Gasteiger charge is -2.36. The minimum Gasteiger partial charge on any atom is -0.370 e. The number of halogens is 5. The minimum absolute atomic E-state index is 0. The number of rotatable bonds is 4. The number of aliphatic imine (C=N–C) groups is 1. The fraction of sp³-hybridized carbons (Fsp3) is 0.263. The summed E-state index contributed by atoms with van der Waals surface area (Å²) in [5.74, 6) is -5.36. The van der Waals surface area contributed by atoms with Gasteiger partial charge in [-0.1, -0.05) is 0 Å². The van der Waals surface area contributed by atoms with Crippen molar-refractivity contribution in [1.82, 2.24) is 4.90 Å². The van der Waals surface area contributed by atoms with Crippen LogP contribution >= 0.6 is 24.0 Å². The SMILES string of the molecule is I.NC(=NCC(=O)Nc1ccc(F)c(F)c1F)N1CCN(c2ccc(F)cc2)CC1. The van der Waals surface area contributed by atoms with Crippen molar-refractivity contribution in [2.75, 3.05) is 42.9 Å². The predicted octanol–water partition coefficient (Wildman–Crippen LogP) is 2.94. The van der Waals surface area contributed by atoms with Gasteiger partial charge in [-0.2, -0.15) is 0 Å². The summed E-state index contributed by atoms with van der Waals surface area (Å²) >= 11 is 0. The number of anilines is 2. The third-order valence-corrected chi connectivity index (χ3v) is 4.49. The van der Waals surface area contributed by atoms with E-state index >= 15 is 0 Å². The molecule has 0 spiro atoms. The van der Waals surface area contributed by atoms with Gasteiger partial charge in [0, 0.05) is 31.9 Å². The van der Waals surface area contributed by atoms with E-state index in [0.717, 1.165) is 11.8 Å². The van der Waals surface area contributed by atoms with Crippen LogP contribution in [0.1, 0.15) is 0 Å². The fourth-order valence-electron chi connectivity index (χ4n) is 2.91. The van der Waals surface area contributed by atoms with E-state index in [1.165, 1.54) is 12.1 Å². The Balaban J connectivity index is 0.00000320. The topological polar surface area (TPSA) is 74.0 Å². The molecular formula is C19H20F4IN5O. The summed E-state index contributed by atoms with van der Waals surface area (Å²) in [4.78, 5) is 19.7. The second-order valence-corrected chi connectivity index (χ2v) is 6.40. The third kappa shape index (κ3) is 5.74. The first-order valence-electron chi connectivity index (χ1n) is 8.84. The standard InChI is InChI=1S/C19H19F4N5O.HI/c20-12-1-3-13(4-2-12)27-7-9-28(10-8-27)19(24)25-11-16(29)26-15-6-5-14(21)17(22)18(15)23;/h1-6H,7-11H2,(H2,24,25)(H,26,29);1H. The molecule has 0 unspecified atom stereocenters. The quantitative estimate of drug-likeness (QED) is 0.207. The molecule has 6 nitrogen and oxygen atoms in total. The molecule has 1 heterocycles. The van der Waals surface area contributed by atoms with Crippen LogP contribution in [0, 0.1) is 23.3 Å². The van der Waals surface area contributed by atoms with Crippen LogP contribution in [-0.2, 0) is 4.79 Å². The van der Waals surface area contributed by atoms with Crippen LogP contribution < -0.4 is 16.0 Å². The molecule has 0 saturated carbocycles. The zero-order valence-electron chi connectivity index (χ0n) is 15.7. The van der Waals surface area contributed by atoms with Gasteiger partial charge in [0.25, 0.3) is 0 Å². The molecule has 11 heteroatoms. The Hall–Kier alpha value is -2.57. The number of hydrogen-bond acceptors (Lipinski definition) is 3. The van der Waals surface area contributed by atoms with Gasteiger partial charge < -0.3 is 20.9 Å². The van der Waals surface area contributed by atoms with E-state index in [9.17, 15) is 22.4 Å². The fourth-order valence-corrected chi connectivity index (χ4v) is 2.91. The van der Waals surface area contributed by atoms with E-state index < -0.39 is 35.6 Å². The number of nitrogens with two attached hydrogens (primary N) is 1. The highest BCUT2D eigenvalue weighted by Crippen LogP contribution is 2.19. The minimum atomic E-state index is -1.66. The molecule has 30 heavy (non-hydrogen) atoms. The summed E-state index contributed by atoms with van der Waals surface area (Å²) in [6.45, 7) is 1.96. The molecule has 1 aliphatic heterocycles. The number of nitrogens with zero attached hydrogens (tertiary/aromatic N) is 3. The van der Waals surface area contributed by atoms with E-state index in [0.29, 0.717) is 32.2 Å². The molecule has 2 aromatic carbocycles. The number of nitrogens with one attached hydrogen (secondary N) is 1. The first kappa shape index (κ1) is 23.7. The summed E-state index contributed by atoms with van der Waals surface area (Å²) in [6.07, 6.45) is 0. The normalized spacial score (nSPS) is 14.3. The molecular weight excluding hydrogens is 517 g/mol.